The number of nitrogens with one attached hydrogen (secondary N) is 1. The van der Waals surface area contributed by atoms with Crippen LogP contribution >= 0.6 is 11.3 Å². The molecule has 1 aromatic heterocycles. The Morgan fingerprint density at radius 3 is 2.65 bits per heavy atom. The van der Waals surface area contributed by atoms with Gasteiger partial charge >= 0.3 is 0 Å². The minimum atomic E-state index is -0.150. The fourth-order valence-corrected chi connectivity index (χ4v) is 3.02. The number of ether oxygens (including phenoxy) is 1. The highest BCUT2D eigenvalue weighted by atomic mass is 32.1. The van der Waals surface area contributed by atoms with Crippen LogP contribution in [0.4, 0.5) is 0 Å². The van der Waals surface area contributed by atoms with Crippen molar-refractivity contribution in [3.63, 3.8) is 0 Å². The first-order valence-electron chi connectivity index (χ1n) is 7.45. The van der Waals surface area contributed by atoms with Gasteiger partial charge in [-0.15, -0.1) is 11.3 Å². The second-order valence-electron chi connectivity index (χ2n) is 5.66. The average molecular weight is 333 g/mol. The van der Waals surface area contributed by atoms with Crippen molar-refractivity contribution < 1.29 is 9.53 Å². The molecule has 5 nitrogen and oxygen atoms in total. The van der Waals surface area contributed by atoms with E-state index in [1.165, 1.54) is 22.5 Å². The first kappa shape index (κ1) is 17.6. The van der Waals surface area contributed by atoms with Crippen molar-refractivity contribution in [2.75, 3.05) is 27.7 Å². The summed E-state index contributed by atoms with van der Waals surface area (Å²) in [6.45, 7) is 3.03. The molecule has 1 amide bonds. The lowest BCUT2D eigenvalue weighted by atomic mass is 10.0. The van der Waals surface area contributed by atoms with Crippen molar-refractivity contribution in [1.82, 2.24) is 15.2 Å². The van der Waals surface area contributed by atoms with Crippen LogP contribution in [0.2, 0.25) is 0 Å². The third kappa shape index (κ3) is 4.86. The molecule has 0 unspecified atom stereocenters. The van der Waals surface area contributed by atoms with Crippen LogP contribution in [0.15, 0.2) is 29.6 Å². The fourth-order valence-electron chi connectivity index (χ4n) is 2.27. The molecule has 1 heterocycles. The monoisotopic (exact) mass is 333 g/mol. The van der Waals surface area contributed by atoms with E-state index in [-0.39, 0.29) is 11.9 Å². The molecule has 6 heteroatoms. The van der Waals surface area contributed by atoms with Gasteiger partial charge in [-0.3, -0.25) is 4.79 Å². The first-order chi connectivity index (χ1) is 11.0. The van der Waals surface area contributed by atoms with Gasteiger partial charge in [-0.05, 0) is 26.6 Å². The molecular formula is C17H23N3O2S. The highest BCUT2D eigenvalue weighted by Gasteiger charge is 2.17. The summed E-state index contributed by atoms with van der Waals surface area (Å²) in [5, 5.41) is 5.54. The maximum Gasteiger partial charge on any atom is 0.270 e. The van der Waals surface area contributed by atoms with E-state index in [0.29, 0.717) is 18.8 Å². The number of methoxy groups -OCH3 is 1. The predicted octanol–water partition coefficient (Wildman–Crippen LogP) is 2.63. The van der Waals surface area contributed by atoms with E-state index in [1.807, 2.05) is 14.1 Å². The average Bonchev–Trinajstić information content (AvgIpc) is 2.98. The van der Waals surface area contributed by atoms with Crippen molar-refractivity contribution in [1.29, 1.82) is 0 Å². The van der Waals surface area contributed by atoms with E-state index >= 15 is 0 Å². The van der Waals surface area contributed by atoms with E-state index < -0.39 is 0 Å². The van der Waals surface area contributed by atoms with Gasteiger partial charge in [0.2, 0.25) is 0 Å². The summed E-state index contributed by atoms with van der Waals surface area (Å²) < 4.78 is 5.03. The molecule has 0 aliphatic heterocycles. The molecule has 0 radical (unpaired) electrons. The van der Waals surface area contributed by atoms with Gasteiger partial charge in [0.05, 0.1) is 12.6 Å². The number of aromatic nitrogens is 1. The lowest BCUT2D eigenvalue weighted by Gasteiger charge is -2.25. The van der Waals surface area contributed by atoms with E-state index in [2.05, 4.69) is 46.4 Å². The number of carbonyl (C=O) groups is 1. The van der Waals surface area contributed by atoms with Crippen LogP contribution in [-0.2, 0) is 11.3 Å². The molecule has 1 N–H and O–H groups in total. The molecule has 0 aliphatic carbocycles. The van der Waals surface area contributed by atoms with Gasteiger partial charge in [0.1, 0.15) is 10.7 Å². The maximum atomic E-state index is 12.2. The quantitative estimate of drug-likeness (QED) is 0.846. The number of aryl methyl sites for hydroxylation is 1. The third-order valence-electron chi connectivity index (χ3n) is 3.59. The second-order valence-corrected chi connectivity index (χ2v) is 6.60. The Bertz CT molecular complexity index is 638. The molecule has 0 saturated heterocycles. The number of amides is 1. The van der Waals surface area contributed by atoms with Gasteiger partial charge in [-0.2, -0.15) is 0 Å². The molecule has 0 aliphatic rings. The molecule has 0 spiro atoms. The Morgan fingerprint density at radius 2 is 2.04 bits per heavy atom. The normalized spacial score (nSPS) is 12.4. The number of hydrogen-bond donors (Lipinski definition) is 1. The van der Waals surface area contributed by atoms with Crippen LogP contribution in [0.25, 0.3) is 0 Å². The second kappa shape index (κ2) is 8.19. The van der Waals surface area contributed by atoms with Gasteiger partial charge < -0.3 is 15.0 Å². The standard InChI is InChI=1S/C17H23N3O2S/c1-12-5-7-13(8-6-12)15(20(2)3)9-18-17(21)14-11-23-16(19-14)10-22-4/h5-8,11,15H,9-10H2,1-4H3,(H,18,21)/t15-/m0/s1. The van der Waals surface area contributed by atoms with Crippen LogP contribution < -0.4 is 5.32 Å². The first-order valence-corrected chi connectivity index (χ1v) is 8.33. The number of thiazole rings is 1. The van der Waals surface area contributed by atoms with E-state index in [0.717, 1.165) is 5.01 Å². The predicted molar refractivity (Wildman–Crippen MR) is 92.8 cm³/mol. The van der Waals surface area contributed by atoms with Crippen molar-refractivity contribution in [3.05, 3.63) is 51.5 Å². The summed E-state index contributed by atoms with van der Waals surface area (Å²) in [6.07, 6.45) is 0. The van der Waals surface area contributed by atoms with Gasteiger partial charge in [0, 0.05) is 19.0 Å². The Kier molecular flexibility index (Phi) is 6.27. The van der Waals surface area contributed by atoms with E-state index in [1.54, 1.807) is 12.5 Å². The van der Waals surface area contributed by atoms with Gasteiger partial charge in [0.15, 0.2) is 0 Å². The molecule has 1 aromatic carbocycles. The van der Waals surface area contributed by atoms with Gasteiger partial charge in [-0.25, -0.2) is 4.98 Å². The Labute approximate surface area is 141 Å². The topological polar surface area (TPSA) is 54.5 Å². The van der Waals surface area contributed by atoms with Crippen LogP contribution in [0, 0.1) is 6.92 Å². The molecule has 0 fully saturated rings. The van der Waals surface area contributed by atoms with Crippen LogP contribution in [-0.4, -0.2) is 43.5 Å². The molecule has 124 valence electrons. The van der Waals surface area contributed by atoms with Crippen molar-refractivity contribution in [2.24, 2.45) is 0 Å². The maximum absolute atomic E-state index is 12.2. The summed E-state index contributed by atoms with van der Waals surface area (Å²) in [4.78, 5) is 18.6. The zero-order chi connectivity index (χ0) is 16.8. The van der Waals surface area contributed by atoms with Gasteiger partial charge in [-0.1, -0.05) is 29.8 Å². The molecule has 1 atom stereocenters. The summed E-state index contributed by atoms with van der Waals surface area (Å²) in [7, 11) is 5.64. The molecule has 2 aromatic rings. The number of benzene rings is 1. The number of likely N-dealkylation sites (N-methyl/N-ethyl adjacent to an activating group) is 1. The summed E-state index contributed by atoms with van der Waals surface area (Å²) in [5.74, 6) is -0.150. The lowest BCUT2D eigenvalue weighted by molar-refractivity contribution is 0.0937. The zero-order valence-corrected chi connectivity index (χ0v) is 14.8. The number of rotatable bonds is 7. The van der Waals surface area contributed by atoms with Crippen molar-refractivity contribution >= 4 is 17.2 Å². The Balaban J connectivity index is 2.00. The van der Waals surface area contributed by atoms with Crippen molar-refractivity contribution in [3.8, 4) is 0 Å². The van der Waals surface area contributed by atoms with Crippen LogP contribution in [0.5, 0.6) is 0 Å². The summed E-state index contributed by atoms with van der Waals surface area (Å²) >= 11 is 1.43. The minimum Gasteiger partial charge on any atom is -0.378 e. The third-order valence-corrected chi connectivity index (χ3v) is 4.42. The van der Waals surface area contributed by atoms with Crippen LogP contribution in [0.3, 0.4) is 0 Å². The van der Waals surface area contributed by atoms with Gasteiger partial charge in [0.25, 0.3) is 5.91 Å². The van der Waals surface area contributed by atoms with E-state index in [9.17, 15) is 4.79 Å². The Morgan fingerprint density at radius 1 is 1.35 bits per heavy atom. The SMILES string of the molecule is COCc1nc(C(=O)NC[C@@H](c2ccc(C)cc2)N(C)C)cs1. The van der Waals surface area contributed by atoms with Crippen molar-refractivity contribution in [2.45, 2.75) is 19.6 Å². The summed E-state index contributed by atoms with van der Waals surface area (Å²) in [6, 6.07) is 8.50. The highest BCUT2D eigenvalue weighted by molar-refractivity contribution is 7.09. The summed E-state index contributed by atoms with van der Waals surface area (Å²) in [5.41, 5.74) is 2.85. The molecule has 2 rings (SSSR count). The fraction of sp³-hybridized carbons (Fsp3) is 0.412. The zero-order valence-electron chi connectivity index (χ0n) is 14.0. The smallest absolute Gasteiger partial charge is 0.270 e. The molecule has 0 saturated carbocycles. The largest absolute Gasteiger partial charge is 0.378 e. The lowest BCUT2D eigenvalue weighted by Crippen LogP contribution is -2.34. The highest BCUT2D eigenvalue weighted by Crippen LogP contribution is 2.18. The number of nitrogens with zero attached hydrogens (tertiary/aromatic N) is 2. The minimum absolute atomic E-state index is 0.122. The van der Waals surface area contributed by atoms with E-state index in [4.69, 9.17) is 4.74 Å². The van der Waals surface area contributed by atoms with Crippen LogP contribution in [0.1, 0.15) is 32.7 Å². The number of carbonyl (C=O) groups excluding carboxylic acids is 1. The molecule has 0 bridgehead atoms. The molecule has 23 heavy (non-hydrogen) atoms. The number of hydrogen-bond acceptors (Lipinski definition) is 5. The molecular weight excluding hydrogens is 310 g/mol. The Hall–Kier alpha value is -1.76.